The van der Waals surface area contributed by atoms with Gasteiger partial charge in [0.15, 0.2) is 0 Å². The zero-order chi connectivity index (χ0) is 8.59. The second kappa shape index (κ2) is 2.49. The molecular formula is C8H14N2O. The number of rotatable bonds is 0. The second-order valence-electron chi connectivity index (χ2n) is 3.10. The average molecular weight is 154 g/mol. The van der Waals surface area contributed by atoms with Crippen molar-refractivity contribution < 1.29 is 5.11 Å². The quantitative estimate of drug-likeness (QED) is 0.487. The highest BCUT2D eigenvalue weighted by Crippen LogP contribution is 2.27. The van der Waals surface area contributed by atoms with Crippen LogP contribution in [0.1, 0.15) is 20.3 Å². The molecule has 0 spiro atoms. The van der Waals surface area contributed by atoms with Gasteiger partial charge in [0, 0.05) is 11.6 Å². The van der Waals surface area contributed by atoms with Crippen molar-refractivity contribution in [2.45, 2.75) is 20.3 Å². The van der Waals surface area contributed by atoms with Crippen LogP contribution in [0.15, 0.2) is 22.7 Å². The van der Waals surface area contributed by atoms with Crippen molar-refractivity contribution in [2.24, 2.45) is 17.4 Å². The molecule has 3 nitrogen and oxygen atoms in total. The predicted octanol–water partition coefficient (Wildman–Crippen LogP) is 0.987. The molecule has 0 aromatic heterocycles. The average Bonchev–Trinajstić information content (AvgIpc) is 1.97. The van der Waals surface area contributed by atoms with Crippen LogP contribution < -0.4 is 11.5 Å². The number of aliphatic hydroxyl groups is 1. The van der Waals surface area contributed by atoms with Crippen molar-refractivity contribution in [3.05, 3.63) is 22.7 Å². The molecule has 1 rings (SSSR count). The minimum absolute atomic E-state index is 0.167. The van der Waals surface area contributed by atoms with E-state index in [9.17, 15) is 5.11 Å². The summed E-state index contributed by atoms with van der Waals surface area (Å²) in [7, 11) is 0. The molecule has 0 amide bonds. The Kier molecular flexibility index (Phi) is 1.81. The van der Waals surface area contributed by atoms with Gasteiger partial charge in [-0.1, -0.05) is 6.92 Å². The molecule has 0 saturated heterocycles. The molecule has 11 heavy (non-hydrogen) atoms. The lowest BCUT2D eigenvalue weighted by atomic mass is 9.91. The van der Waals surface area contributed by atoms with Crippen molar-refractivity contribution in [1.29, 1.82) is 0 Å². The molecule has 1 unspecified atom stereocenters. The Hall–Kier alpha value is -1.12. The van der Waals surface area contributed by atoms with E-state index in [2.05, 4.69) is 0 Å². The Bertz CT molecular complexity index is 240. The summed E-state index contributed by atoms with van der Waals surface area (Å²) in [6.45, 7) is 3.86. The Morgan fingerprint density at radius 1 is 1.45 bits per heavy atom. The van der Waals surface area contributed by atoms with Crippen LogP contribution in [0.5, 0.6) is 0 Å². The maximum absolute atomic E-state index is 9.35. The van der Waals surface area contributed by atoms with Gasteiger partial charge in [-0.05, 0) is 18.9 Å². The van der Waals surface area contributed by atoms with Crippen molar-refractivity contribution >= 4 is 0 Å². The third-order valence-electron chi connectivity index (χ3n) is 2.11. The molecule has 3 heteroatoms. The molecule has 0 bridgehead atoms. The third kappa shape index (κ3) is 1.18. The molecule has 1 atom stereocenters. The number of aliphatic hydroxyl groups excluding tert-OH is 1. The highest BCUT2D eigenvalue weighted by Gasteiger charge is 2.20. The largest absolute Gasteiger partial charge is 0.506 e. The van der Waals surface area contributed by atoms with Crippen molar-refractivity contribution in [2.75, 3.05) is 0 Å². The van der Waals surface area contributed by atoms with Crippen LogP contribution in [0.3, 0.4) is 0 Å². The summed E-state index contributed by atoms with van der Waals surface area (Å²) in [6, 6.07) is 0. The van der Waals surface area contributed by atoms with E-state index in [1.54, 1.807) is 0 Å². The van der Waals surface area contributed by atoms with E-state index < -0.39 is 0 Å². The van der Waals surface area contributed by atoms with E-state index in [0.717, 1.165) is 12.0 Å². The normalized spacial score (nSPS) is 26.2. The lowest BCUT2D eigenvalue weighted by Crippen LogP contribution is -2.22. The zero-order valence-corrected chi connectivity index (χ0v) is 6.89. The summed E-state index contributed by atoms with van der Waals surface area (Å²) >= 11 is 0. The Morgan fingerprint density at radius 3 is 2.55 bits per heavy atom. The Labute approximate surface area is 66.4 Å². The molecule has 0 aliphatic heterocycles. The predicted molar refractivity (Wildman–Crippen MR) is 44.5 cm³/mol. The molecule has 0 saturated carbocycles. The molecule has 0 heterocycles. The molecule has 0 aromatic carbocycles. The maximum atomic E-state index is 9.35. The Morgan fingerprint density at radius 2 is 2.00 bits per heavy atom. The fourth-order valence-electron chi connectivity index (χ4n) is 1.30. The van der Waals surface area contributed by atoms with Gasteiger partial charge in [0.2, 0.25) is 0 Å². The van der Waals surface area contributed by atoms with Crippen LogP contribution in [0, 0.1) is 5.92 Å². The summed E-state index contributed by atoms with van der Waals surface area (Å²) in [5.41, 5.74) is 13.1. The first-order chi connectivity index (χ1) is 5.04. The zero-order valence-electron chi connectivity index (χ0n) is 6.89. The minimum atomic E-state index is 0.167. The SMILES string of the molecule is CC1=C(O)C(N)=C(N)C(C)C1. The smallest absolute Gasteiger partial charge is 0.139 e. The molecular weight excluding hydrogens is 140 g/mol. The van der Waals surface area contributed by atoms with Crippen LogP contribution in [0.25, 0.3) is 0 Å². The molecule has 1 aliphatic rings. The number of nitrogens with two attached hydrogens (primary N) is 2. The van der Waals surface area contributed by atoms with Gasteiger partial charge in [-0.25, -0.2) is 0 Å². The minimum Gasteiger partial charge on any atom is -0.506 e. The van der Waals surface area contributed by atoms with Crippen molar-refractivity contribution in [3.8, 4) is 0 Å². The summed E-state index contributed by atoms with van der Waals surface area (Å²) in [5.74, 6) is 0.423. The van der Waals surface area contributed by atoms with Crippen molar-refractivity contribution in [1.82, 2.24) is 0 Å². The lowest BCUT2D eigenvalue weighted by Gasteiger charge is -2.21. The number of allylic oxidation sites excluding steroid dienone is 2. The van der Waals surface area contributed by atoms with Gasteiger partial charge in [0.05, 0.1) is 5.70 Å². The molecule has 1 aliphatic carbocycles. The monoisotopic (exact) mass is 154 g/mol. The standard InChI is InChI=1S/C8H14N2O/c1-4-3-5(2)8(11)7(10)6(4)9/h4,11H,3,9-10H2,1-2H3. The van der Waals surface area contributed by atoms with Gasteiger partial charge in [0.25, 0.3) is 0 Å². The van der Waals surface area contributed by atoms with E-state index in [1.165, 1.54) is 0 Å². The molecule has 0 fully saturated rings. The summed E-state index contributed by atoms with van der Waals surface area (Å²) in [4.78, 5) is 0. The van der Waals surface area contributed by atoms with E-state index in [0.29, 0.717) is 11.4 Å². The molecule has 62 valence electrons. The lowest BCUT2D eigenvalue weighted by molar-refractivity contribution is 0.397. The Balaban J connectivity index is 3.07. The van der Waals surface area contributed by atoms with E-state index in [1.807, 2.05) is 13.8 Å². The summed E-state index contributed by atoms with van der Waals surface area (Å²) in [5, 5.41) is 9.35. The van der Waals surface area contributed by atoms with Gasteiger partial charge in [-0.3, -0.25) is 0 Å². The topological polar surface area (TPSA) is 72.3 Å². The first kappa shape index (κ1) is 7.98. The summed E-state index contributed by atoms with van der Waals surface area (Å²) in [6.07, 6.45) is 0.804. The van der Waals surface area contributed by atoms with Crippen LogP contribution >= 0.6 is 0 Å². The van der Waals surface area contributed by atoms with Crippen LogP contribution in [0.2, 0.25) is 0 Å². The fraction of sp³-hybridized carbons (Fsp3) is 0.500. The number of hydrogen-bond acceptors (Lipinski definition) is 3. The van der Waals surface area contributed by atoms with Crippen molar-refractivity contribution in [3.63, 3.8) is 0 Å². The van der Waals surface area contributed by atoms with Gasteiger partial charge < -0.3 is 16.6 Å². The maximum Gasteiger partial charge on any atom is 0.139 e. The highest BCUT2D eigenvalue weighted by atomic mass is 16.3. The first-order valence-electron chi connectivity index (χ1n) is 3.68. The third-order valence-corrected chi connectivity index (χ3v) is 2.11. The van der Waals surface area contributed by atoms with Gasteiger partial charge in [0.1, 0.15) is 5.76 Å². The fourth-order valence-corrected chi connectivity index (χ4v) is 1.30. The van der Waals surface area contributed by atoms with E-state index >= 15 is 0 Å². The molecule has 0 radical (unpaired) electrons. The summed E-state index contributed by atoms with van der Waals surface area (Å²) < 4.78 is 0. The van der Waals surface area contributed by atoms with Gasteiger partial charge in [-0.2, -0.15) is 0 Å². The van der Waals surface area contributed by atoms with Crippen LogP contribution in [-0.2, 0) is 0 Å². The van der Waals surface area contributed by atoms with E-state index in [4.69, 9.17) is 11.5 Å². The van der Waals surface area contributed by atoms with Gasteiger partial charge >= 0.3 is 0 Å². The molecule has 0 aromatic rings. The van der Waals surface area contributed by atoms with Gasteiger partial charge in [-0.15, -0.1) is 0 Å². The van der Waals surface area contributed by atoms with E-state index in [-0.39, 0.29) is 11.7 Å². The molecule has 5 N–H and O–H groups in total. The first-order valence-corrected chi connectivity index (χ1v) is 3.68. The second-order valence-corrected chi connectivity index (χ2v) is 3.10. The van der Waals surface area contributed by atoms with Crippen LogP contribution in [0.4, 0.5) is 0 Å². The van der Waals surface area contributed by atoms with Crippen LogP contribution in [-0.4, -0.2) is 5.11 Å². The highest BCUT2D eigenvalue weighted by molar-refractivity contribution is 5.35. The number of hydrogen-bond donors (Lipinski definition) is 3.